The van der Waals surface area contributed by atoms with E-state index in [4.69, 9.17) is 10.5 Å². The molecular weight excluding hydrogens is 218 g/mol. The Morgan fingerprint density at radius 2 is 2.18 bits per heavy atom. The number of ether oxygens (including phenoxy) is 1. The predicted octanol–water partition coefficient (Wildman–Crippen LogP) is 0.547. The highest BCUT2D eigenvalue weighted by Crippen LogP contribution is 2.47. The van der Waals surface area contributed by atoms with E-state index in [1.54, 1.807) is 18.5 Å². The minimum absolute atomic E-state index is 0.241. The molecule has 5 heteroatoms. The van der Waals surface area contributed by atoms with E-state index in [0.29, 0.717) is 18.2 Å². The lowest BCUT2D eigenvalue weighted by Crippen LogP contribution is -2.44. The zero-order chi connectivity index (χ0) is 12.3. The Morgan fingerprint density at radius 3 is 2.65 bits per heavy atom. The van der Waals surface area contributed by atoms with Crippen LogP contribution >= 0.6 is 0 Å². The first kappa shape index (κ1) is 12.0. The van der Waals surface area contributed by atoms with Crippen LogP contribution in [0.3, 0.4) is 0 Å². The molecule has 1 heterocycles. The number of aromatic nitrogens is 2. The summed E-state index contributed by atoms with van der Waals surface area (Å²) in [5.41, 5.74) is 5.17. The molecule has 2 rings (SSSR count). The third-order valence-corrected chi connectivity index (χ3v) is 3.41. The van der Waals surface area contributed by atoms with Crippen molar-refractivity contribution < 1.29 is 9.53 Å². The summed E-state index contributed by atoms with van der Waals surface area (Å²) in [5.74, 6) is 0.717. The van der Waals surface area contributed by atoms with Crippen molar-refractivity contribution in [3.8, 4) is 0 Å². The number of hydrogen-bond acceptors (Lipinski definition) is 5. The maximum atomic E-state index is 12.0. The zero-order valence-corrected chi connectivity index (χ0v) is 9.93. The summed E-state index contributed by atoms with van der Waals surface area (Å²) in [7, 11) is 1.40. The second kappa shape index (κ2) is 4.79. The van der Waals surface area contributed by atoms with Gasteiger partial charge in [0.1, 0.15) is 5.82 Å². The van der Waals surface area contributed by atoms with Crippen LogP contribution in [-0.4, -0.2) is 29.6 Å². The van der Waals surface area contributed by atoms with Crippen molar-refractivity contribution in [3.05, 3.63) is 24.3 Å². The second-order valence-electron chi connectivity index (χ2n) is 4.47. The summed E-state index contributed by atoms with van der Waals surface area (Å²) in [5, 5.41) is 0. The SMILES string of the molecule is COC(=O)C(CN)(Cc1ncccn1)C1CC1. The molecule has 0 saturated heterocycles. The summed E-state index contributed by atoms with van der Waals surface area (Å²) < 4.78 is 4.91. The lowest BCUT2D eigenvalue weighted by molar-refractivity contribution is -0.153. The van der Waals surface area contributed by atoms with Crippen molar-refractivity contribution in [3.63, 3.8) is 0 Å². The summed E-state index contributed by atoms with van der Waals surface area (Å²) in [4.78, 5) is 20.3. The molecule has 0 spiro atoms. The maximum absolute atomic E-state index is 12.0. The van der Waals surface area contributed by atoms with Crippen molar-refractivity contribution in [1.82, 2.24) is 9.97 Å². The third kappa shape index (κ3) is 2.29. The van der Waals surface area contributed by atoms with Crippen molar-refractivity contribution >= 4 is 5.97 Å². The molecule has 1 unspecified atom stereocenters. The number of nitrogens with two attached hydrogens (primary N) is 1. The fourth-order valence-electron chi connectivity index (χ4n) is 2.25. The van der Waals surface area contributed by atoms with E-state index in [1.807, 2.05) is 0 Å². The summed E-state index contributed by atoms with van der Waals surface area (Å²) in [6.07, 6.45) is 5.86. The minimum Gasteiger partial charge on any atom is -0.469 e. The first-order chi connectivity index (χ1) is 8.23. The fourth-order valence-corrected chi connectivity index (χ4v) is 2.25. The molecule has 92 valence electrons. The zero-order valence-electron chi connectivity index (χ0n) is 9.93. The first-order valence-electron chi connectivity index (χ1n) is 5.77. The number of hydrogen-bond donors (Lipinski definition) is 1. The highest BCUT2D eigenvalue weighted by molar-refractivity contribution is 5.78. The average Bonchev–Trinajstić information content (AvgIpc) is 3.21. The van der Waals surface area contributed by atoms with Gasteiger partial charge in [-0.05, 0) is 24.8 Å². The Bertz CT molecular complexity index is 392. The maximum Gasteiger partial charge on any atom is 0.313 e. The summed E-state index contributed by atoms with van der Waals surface area (Å²) in [6.45, 7) is 0.280. The molecule has 0 radical (unpaired) electrons. The number of carbonyl (C=O) groups is 1. The van der Waals surface area contributed by atoms with Gasteiger partial charge in [0.2, 0.25) is 0 Å². The van der Waals surface area contributed by atoms with Gasteiger partial charge in [-0.2, -0.15) is 0 Å². The lowest BCUT2D eigenvalue weighted by Gasteiger charge is -2.28. The standard InChI is InChI=1S/C12H17N3O2/c1-17-11(16)12(8-13,9-3-4-9)7-10-14-5-2-6-15-10/h2,5-6,9H,3-4,7-8,13H2,1H3. The summed E-state index contributed by atoms with van der Waals surface area (Å²) in [6, 6.07) is 1.75. The van der Waals surface area contributed by atoms with E-state index in [2.05, 4.69) is 9.97 Å². The summed E-state index contributed by atoms with van der Waals surface area (Å²) >= 11 is 0. The Balaban J connectivity index is 2.24. The van der Waals surface area contributed by atoms with Gasteiger partial charge < -0.3 is 10.5 Å². The van der Waals surface area contributed by atoms with Crippen LogP contribution in [0, 0.1) is 11.3 Å². The molecule has 1 fully saturated rings. The molecule has 1 aromatic heterocycles. The second-order valence-corrected chi connectivity index (χ2v) is 4.47. The molecular formula is C12H17N3O2. The Morgan fingerprint density at radius 1 is 1.53 bits per heavy atom. The van der Waals surface area contributed by atoms with Crippen molar-refractivity contribution in [2.24, 2.45) is 17.1 Å². The van der Waals surface area contributed by atoms with Crippen LogP contribution in [0.2, 0.25) is 0 Å². The lowest BCUT2D eigenvalue weighted by atomic mass is 9.79. The van der Waals surface area contributed by atoms with Gasteiger partial charge in [-0.25, -0.2) is 9.97 Å². The van der Waals surface area contributed by atoms with E-state index < -0.39 is 5.41 Å². The molecule has 17 heavy (non-hydrogen) atoms. The van der Waals surface area contributed by atoms with E-state index in [0.717, 1.165) is 12.8 Å². The van der Waals surface area contributed by atoms with Gasteiger partial charge in [0, 0.05) is 25.4 Å². The smallest absolute Gasteiger partial charge is 0.313 e. The Labute approximate surface area is 100 Å². The van der Waals surface area contributed by atoms with Gasteiger partial charge in [-0.15, -0.1) is 0 Å². The number of methoxy groups -OCH3 is 1. The Kier molecular flexibility index (Phi) is 3.38. The molecule has 1 aliphatic carbocycles. The molecule has 1 atom stereocenters. The predicted molar refractivity (Wildman–Crippen MR) is 62.0 cm³/mol. The first-order valence-corrected chi connectivity index (χ1v) is 5.77. The van der Waals surface area contributed by atoms with Gasteiger partial charge >= 0.3 is 5.97 Å². The minimum atomic E-state index is -0.643. The van der Waals surface area contributed by atoms with E-state index in [-0.39, 0.29) is 12.5 Å². The van der Waals surface area contributed by atoms with Crippen LogP contribution in [0.4, 0.5) is 0 Å². The van der Waals surface area contributed by atoms with Crippen LogP contribution in [0.1, 0.15) is 18.7 Å². The largest absolute Gasteiger partial charge is 0.469 e. The molecule has 0 bridgehead atoms. The van der Waals surface area contributed by atoms with Crippen LogP contribution in [0.5, 0.6) is 0 Å². The topological polar surface area (TPSA) is 78.1 Å². The van der Waals surface area contributed by atoms with Gasteiger partial charge in [-0.3, -0.25) is 4.79 Å². The van der Waals surface area contributed by atoms with Gasteiger partial charge in [0.25, 0.3) is 0 Å². The highest BCUT2D eigenvalue weighted by atomic mass is 16.5. The monoisotopic (exact) mass is 235 g/mol. The normalized spacial score (nSPS) is 18.5. The molecule has 0 aromatic carbocycles. The third-order valence-electron chi connectivity index (χ3n) is 3.41. The van der Waals surface area contributed by atoms with Crippen molar-refractivity contribution in [2.45, 2.75) is 19.3 Å². The van der Waals surface area contributed by atoms with Gasteiger partial charge in [-0.1, -0.05) is 0 Å². The number of rotatable bonds is 5. The van der Waals surface area contributed by atoms with Gasteiger partial charge in [0.05, 0.1) is 12.5 Å². The van der Waals surface area contributed by atoms with E-state index in [9.17, 15) is 4.79 Å². The average molecular weight is 235 g/mol. The van der Waals surface area contributed by atoms with Crippen LogP contribution in [0.15, 0.2) is 18.5 Å². The van der Waals surface area contributed by atoms with Crippen LogP contribution in [0.25, 0.3) is 0 Å². The molecule has 5 nitrogen and oxygen atoms in total. The molecule has 2 N–H and O–H groups in total. The number of carbonyl (C=O) groups excluding carboxylic acids is 1. The molecule has 1 saturated carbocycles. The van der Waals surface area contributed by atoms with Crippen molar-refractivity contribution in [1.29, 1.82) is 0 Å². The molecule has 1 aromatic rings. The van der Waals surface area contributed by atoms with Crippen LogP contribution in [-0.2, 0) is 16.0 Å². The number of esters is 1. The fraction of sp³-hybridized carbons (Fsp3) is 0.583. The van der Waals surface area contributed by atoms with Crippen molar-refractivity contribution in [2.75, 3.05) is 13.7 Å². The van der Waals surface area contributed by atoms with Crippen LogP contribution < -0.4 is 5.73 Å². The molecule has 1 aliphatic rings. The highest BCUT2D eigenvalue weighted by Gasteiger charge is 2.51. The molecule has 0 amide bonds. The quantitative estimate of drug-likeness (QED) is 0.754. The van der Waals surface area contributed by atoms with E-state index >= 15 is 0 Å². The van der Waals surface area contributed by atoms with Gasteiger partial charge in [0.15, 0.2) is 0 Å². The van der Waals surface area contributed by atoms with E-state index in [1.165, 1.54) is 7.11 Å². The molecule has 0 aliphatic heterocycles. The number of nitrogens with zero attached hydrogens (tertiary/aromatic N) is 2. The Hall–Kier alpha value is -1.49.